The van der Waals surface area contributed by atoms with Crippen molar-refractivity contribution < 1.29 is 14.3 Å². The van der Waals surface area contributed by atoms with Crippen molar-refractivity contribution in [3.8, 4) is 0 Å². The van der Waals surface area contributed by atoms with E-state index >= 15 is 0 Å². The number of carbonyl (C=O) groups is 2. The minimum Gasteiger partial charge on any atom is -0.444 e. The van der Waals surface area contributed by atoms with Gasteiger partial charge in [0.05, 0.1) is 0 Å². The Kier molecular flexibility index (Phi) is 6.14. The lowest BCUT2D eigenvalue weighted by atomic mass is 10.2. The van der Waals surface area contributed by atoms with E-state index in [9.17, 15) is 9.59 Å². The predicted octanol–water partition coefficient (Wildman–Crippen LogP) is 2.12. The fourth-order valence-electron chi connectivity index (χ4n) is 1.90. The molecule has 0 aliphatic carbocycles. The van der Waals surface area contributed by atoms with Gasteiger partial charge < -0.3 is 15.8 Å². The highest BCUT2D eigenvalue weighted by atomic mass is 16.5. The van der Waals surface area contributed by atoms with Crippen molar-refractivity contribution in [2.24, 2.45) is 5.73 Å². The summed E-state index contributed by atoms with van der Waals surface area (Å²) in [6.45, 7) is 0.953. The van der Waals surface area contributed by atoms with Crippen molar-refractivity contribution in [1.29, 1.82) is 0 Å². The van der Waals surface area contributed by atoms with Crippen molar-refractivity contribution in [2.75, 3.05) is 18.4 Å². The highest BCUT2D eigenvalue weighted by Crippen LogP contribution is 2.11. The first-order chi connectivity index (χ1) is 11.2. The average Bonchev–Trinajstić information content (AvgIpc) is 2.59. The van der Waals surface area contributed by atoms with E-state index in [0.29, 0.717) is 24.3 Å². The normalized spacial score (nSPS) is 9.96. The average molecular weight is 313 g/mol. The Morgan fingerprint density at radius 3 is 2.57 bits per heavy atom. The molecule has 0 saturated heterocycles. The lowest BCUT2D eigenvalue weighted by Crippen LogP contribution is -2.29. The summed E-state index contributed by atoms with van der Waals surface area (Å²) >= 11 is 0. The van der Waals surface area contributed by atoms with Crippen LogP contribution in [0.1, 0.15) is 15.9 Å². The molecule has 2 aromatic rings. The maximum atomic E-state index is 11.8. The zero-order chi connectivity index (χ0) is 16.5. The zero-order valence-electron chi connectivity index (χ0n) is 12.6. The van der Waals surface area contributed by atoms with Crippen LogP contribution in [0.5, 0.6) is 0 Å². The van der Waals surface area contributed by atoms with Crippen molar-refractivity contribution >= 4 is 17.7 Å². The molecule has 0 bridgehead atoms. The van der Waals surface area contributed by atoms with Crippen LogP contribution < -0.4 is 16.4 Å². The van der Waals surface area contributed by atoms with Crippen LogP contribution in [0, 0.1) is 0 Å². The first-order valence-electron chi connectivity index (χ1n) is 7.25. The first kappa shape index (κ1) is 16.5. The topological polar surface area (TPSA) is 93.5 Å². The summed E-state index contributed by atoms with van der Waals surface area (Å²) in [7, 11) is 0. The summed E-state index contributed by atoms with van der Waals surface area (Å²) in [6.07, 6.45) is -0.576. The molecule has 4 N–H and O–H groups in total. The van der Waals surface area contributed by atoms with E-state index in [2.05, 4.69) is 10.6 Å². The number of nitrogens with two attached hydrogens (primary N) is 1. The minimum atomic E-state index is -0.576. The number of rotatable bonds is 6. The molecule has 0 radical (unpaired) electrons. The molecule has 0 aromatic heterocycles. The van der Waals surface area contributed by atoms with Gasteiger partial charge in [-0.25, -0.2) is 4.79 Å². The standard InChI is InChI=1S/C17H19N3O3/c18-9-10-19-16(21)14-7-4-8-15(11-14)20-17(22)23-12-13-5-2-1-3-6-13/h1-8,11H,9-10,12,18H2,(H,19,21)(H,20,22). The maximum Gasteiger partial charge on any atom is 0.411 e. The van der Waals surface area contributed by atoms with E-state index in [4.69, 9.17) is 10.5 Å². The minimum absolute atomic E-state index is 0.184. The molecule has 0 spiro atoms. The molecule has 6 nitrogen and oxygen atoms in total. The SMILES string of the molecule is NCCNC(=O)c1cccc(NC(=O)OCc2ccccc2)c1. The molecular formula is C17H19N3O3. The fraction of sp³-hybridized carbons (Fsp3) is 0.176. The van der Waals surface area contributed by atoms with Gasteiger partial charge in [0.15, 0.2) is 0 Å². The number of anilines is 1. The monoisotopic (exact) mass is 313 g/mol. The van der Waals surface area contributed by atoms with Crippen LogP contribution in [-0.2, 0) is 11.3 Å². The van der Waals surface area contributed by atoms with Gasteiger partial charge in [0, 0.05) is 24.3 Å². The second-order valence-corrected chi connectivity index (χ2v) is 4.81. The number of hydrogen-bond acceptors (Lipinski definition) is 4. The first-order valence-corrected chi connectivity index (χ1v) is 7.25. The Bertz CT molecular complexity index is 659. The maximum absolute atomic E-state index is 11.8. The quantitative estimate of drug-likeness (QED) is 0.761. The summed E-state index contributed by atoms with van der Waals surface area (Å²) in [5, 5.41) is 5.27. The Labute approximate surface area is 134 Å². The van der Waals surface area contributed by atoms with Crippen LogP contribution >= 0.6 is 0 Å². The van der Waals surface area contributed by atoms with Crippen molar-refractivity contribution in [3.63, 3.8) is 0 Å². The lowest BCUT2D eigenvalue weighted by molar-refractivity contribution is 0.0954. The molecule has 2 amide bonds. The van der Waals surface area contributed by atoms with Gasteiger partial charge >= 0.3 is 6.09 Å². The van der Waals surface area contributed by atoms with Gasteiger partial charge in [-0.1, -0.05) is 36.4 Å². The molecule has 0 atom stereocenters. The second kappa shape index (κ2) is 8.55. The van der Waals surface area contributed by atoms with Crippen LogP contribution in [0.3, 0.4) is 0 Å². The third-order valence-corrected chi connectivity index (χ3v) is 3.01. The van der Waals surface area contributed by atoms with Crippen LogP contribution in [-0.4, -0.2) is 25.1 Å². The van der Waals surface area contributed by atoms with E-state index < -0.39 is 6.09 Å². The zero-order valence-corrected chi connectivity index (χ0v) is 12.6. The Balaban J connectivity index is 1.89. The van der Waals surface area contributed by atoms with Gasteiger partial charge in [-0.2, -0.15) is 0 Å². The van der Waals surface area contributed by atoms with Crippen LogP contribution in [0.4, 0.5) is 10.5 Å². The molecule has 6 heteroatoms. The Hall–Kier alpha value is -2.86. The number of hydrogen-bond donors (Lipinski definition) is 3. The van der Waals surface area contributed by atoms with E-state index in [-0.39, 0.29) is 12.5 Å². The molecule has 2 rings (SSSR count). The molecule has 0 aliphatic rings. The number of ether oxygens (including phenoxy) is 1. The largest absolute Gasteiger partial charge is 0.444 e. The van der Waals surface area contributed by atoms with Crippen LogP contribution in [0.15, 0.2) is 54.6 Å². The van der Waals surface area contributed by atoms with E-state index in [0.717, 1.165) is 5.56 Å². The Morgan fingerprint density at radius 2 is 1.83 bits per heavy atom. The molecule has 0 fully saturated rings. The Morgan fingerprint density at radius 1 is 1.04 bits per heavy atom. The molecule has 0 unspecified atom stereocenters. The molecule has 23 heavy (non-hydrogen) atoms. The summed E-state index contributed by atoms with van der Waals surface area (Å²) < 4.78 is 5.13. The summed E-state index contributed by atoms with van der Waals surface area (Å²) in [5.74, 6) is -0.239. The molecule has 2 aromatic carbocycles. The third kappa shape index (κ3) is 5.44. The highest BCUT2D eigenvalue weighted by Gasteiger charge is 2.08. The van der Waals surface area contributed by atoms with Crippen LogP contribution in [0.2, 0.25) is 0 Å². The fourth-order valence-corrected chi connectivity index (χ4v) is 1.90. The van der Waals surface area contributed by atoms with Gasteiger partial charge in [-0.3, -0.25) is 10.1 Å². The van der Waals surface area contributed by atoms with Gasteiger partial charge in [-0.15, -0.1) is 0 Å². The van der Waals surface area contributed by atoms with Crippen molar-refractivity contribution in [1.82, 2.24) is 5.32 Å². The highest BCUT2D eigenvalue weighted by molar-refractivity contribution is 5.96. The number of amides is 2. The van der Waals surface area contributed by atoms with Crippen LogP contribution in [0.25, 0.3) is 0 Å². The smallest absolute Gasteiger partial charge is 0.411 e. The molecule has 0 heterocycles. The molecule has 120 valence electrons. The summed E-state index contributed by atoms with van der Waals surface area (Å²) in [5.41, 5.74) is 7.18. The van der Waals surface area contributed by atoms with Gasteiger partial charge in [0.1, 0.15) is 6.61 Å². The summed E-state index contributed by atoms with van der Waals surface area (Å²) in [4.78, 5) is 23.6. The van der Waals surface area contributed by atoms with E-state index in [1.54, 1.807) is 24.3 Å². The number of carbonyl (C=O) groups excluding carboxylic acids is 2. The molecule has 0 saturated carbocycles. The number of benzene rings is 2. The third-order valence-electron chi connectivity index (χ3n) is 3.01. The van der Waals surface area contributed by atoms with Gasteiger partial charge in [0.25, 0.3) is 5.91 Å². The predicted molar refractivity (Wildman–Crippen MR) is 88.1 cm³/mol. The lowest BCUT2D eigenvalue weighted by Gasteiger charge is -2.09. The molecule has 0 aliphatic heterocycles. The molecular weight excluding hydrogens is 294 g/mol. The number of nitrogens with one attached hydrogen (secondary N) is 2. The van der Waals surface area contributed by atoms with Crippen molar-refractivity contribution in [2.45, 2.75) is 6.61 Å². The van der Waals surface area contributed by atoms with Crippen molar-refractivity contribution in [3.05, 3.63) is 65.7 Å². The van der Waals surface area contributed by atoms with E-state index in [1.807, 2.05) is 30.3 Å². The second-order valence-electron chi connectivity index (χ2n) is 4.81. The van der Waals surface area contributed by atoms with Gasteiger partial charge in [0.2, 0.25) is 0 Å². The summed E-state index contributed by atoms with van der Waals surface area (Å²) in [6, 6.07) is 16.0. The van der Waals surface area contributed by atoms with Gasteiger partial charge in [-0.05, 0) is 23.8 Å². The van der Waals surface area contributed by atoms with E-state index in [1.165, 1.54) is 0 Å².